The summed E-state index contributed by atoms with van der Waals surface area (Å²) in [6, 6.07) is 2.05. The fourth-order valence-electron chi connectivity index (χ4n) is 1.71. The lowest BCUT2D eigenvalue weighted by molar-refractivity contribution is -0.112. The standard InChI is InChI=1S/C12H18N4O/c1-8(2)16-11(4-5-14-16)15-12(17)9(3)10-6-13-7-10/h4-5,8,13H,6-7H2,1-3H3,(H,15,17). The van der Waals surface area contributed by atoms with Crippen LogP contribution in [0, 0.1) is 0 Å². The van der Waals surface area contributed by atoms with Gasteiger partial charge in [0.1, 0.15) is 5.82 Å². The van der Waals surface area contributed by atoms with Crippen LogP contribution in [0.15, 0.2) is 23.4 Å². The average Bonchev–Trinajstić information content (AvgIpc) is 2.62. The first kappa shape index (κ1) is 11.9. The summed E-state index contributed by atoms with van der Waals surface area (Å²) >= 11 is 0. The molecule has 17 heavy (non-hydrogen) atoms. The topological polar surface area (TPSA) is 59.0 Å². The van der Waals surface area contributed by atoms with E-state index in [0.717, 1.165) is 24.5 Å². The lowest BCUT2D eigenvalue weighted by atomic mass is 10.0. The highest BCUT2D eigenvalue weighted by Crippen LogP contribution is 2.15. The maximum absolute atomic E-state index is 12.0. The van der Waals surface area contributed by atoms with E-state index in [1.807, 2.05) is 26.8 Å². The molecule has 0 radical (unpaired) electrons. The van der Waals surface area contributed by atoms with E-state index in [1.165, 1.54) is 5.57 Å². The van der Waals surface area contributed by atoms with Gasteiger partial charge in [0, 0.05) is 30.8 Å². The van der Waals surface area contributed by atoms with Crippen molar-refractivity contribution in [1.82, 2.24) is 15.1 Å². The number of nitrogens with zero attached hydrogens (tertiary/aromatic N) is 2. The van der Waals surface area contributed by atoms with Gasteiger partial charge in [-0.3, -0.25) is 4.79 Å². The van der Waals surface area contributed by atoms with E-state index in [0.29, 0.717) is 0 Å². The highest BCUT2D eigenvalue weighted by atomic mass is 16.1. The molecule has 0 aliphatic carbocycles. The Morgan fingerprint density at radius 2 is 2.24 bits per heavy atom. The third kappa shape index (κ3) is 2.39. The van der Waals surface area contributed by atoms with Crippen molar-refractivity contribution < 1.29 is 4.79 Å². The number of hydrogen-bond acceptors (Lipinski definition) is 3. The SMILES string of the molecule is CC(C(=O)Nc1ccnn1C(C)C)=C1CNC1. The highest BCUT2D eigenvalue weighted by Gasteiger charge is 2.17. The fourth-order valence-corrected chi connectivity index (χ4v) is 1.71. The van der Waals surface area contributed by atoms with Gasteiger partial charge in [0.2, 0.25) is 0 Å². The molecular weight excluding hydrogens is 216 g/mol. The van der Waals surface area contributed by atoms with Gasteiger partial charge in [-0.1, -0.05) is 0 Å². The lowest BCUT2D eigenvalue weighted by Crippen LogP contribution is -2.36. The zero-order chi connectivity index (χ0) is 12.4. The summed E-state index contributed by atoms with van der Waals surface area (Å²) in [6.07, 6.45) is 1.70. The molecule has 1 amide bonds. The molecular formula is C12H18N4O. The van der Waals surface area contributed by atoms with Crippen molar-refractivity contribution in [2.75, 3.05) is 18.4 Å². The molecule has 0 aromatic carbocycles. The summed E-state index contributed by atoms with van der Waals surface area (Å²) in [7, 11) is 0. The minimum Gasteiger partial charge on any atom is -0.309 e. The van der Waals surface area contributed by atoms with Gasteiger partial charge in [0.15, 0.2) is 0 Å². The van der Waals surface area contributed by atoms with E-state index in [2.05, 4.69) is 15.7 Å². The molecule has 5 heteroatoms. The molecule has 1 aliphatic rings. The largest absolute Gasteiger partial charge is 0.309 e. The molecule has 1 fully saturated rings. The molecule has 0 unspecified atom stereocenters. The van der Waals surface area contributed by atoms with Crippen LogP contribution in [0.25, 0.3) is 0 Å². The summed E-state index contributed by atoms with van der Waals surface area (Å²) in [5, 5.41) is 10.2. The van der Waals surface area contributed by atoms with E-state index in [9.17, 15) is 4.79 Å². The zero-order valence-electron chi connectivity index (χ0n) is 10.4. The minimum atomic E-state index is -0.0381. The van der Waals surface area contributed by atoms with Crippen LogP contribution in [-0.2, 0) is 4.79 Å². The predicted octanol–water partition coefficient (Wildman–Crippen LogP) is 1.32. The van der Waals surface area contributed by atoms with Crippen molar-refractivity contribution in [1.29, 1.82) is 0 Å². The maximum Gasteiger partial charge on any atom is 0.252 e. The Hall–Kier alpha value is -1.62. The van der Waals surface area contributed by atoms with Crippen molar-refractivity contribution in [3.63, 3.8) is 0 Å². The molecule has 1 aromatic heterocycles. The molecule has 0 spiro atoms. The quantitative estimate of drug-likeness (QED) is 0.775. The predicted molar refractivity (Wildman–Crippen MR) is 66.8 cm³/mol. The first-order valence-electron chi connectivity index (χ1n) is 5.84. The van der Waals surface area contributed by atoms with Gasteiger partial charge < -0.3 is 10.6 Å². The Kier molecular flexibility index (Phi) is 3.28. The van der Waals surface area contributed by atoms with E-state index in [4.69, 9.17) is 0 Å². The summed E-state index contributed by atoms with van der Waals surface area (Å²) in [6.45, 7) is 7.57. The average molecular weight is 234 g/mol. The van der Waals surface area contributed by atoms with Crippen molar-refractivity contribution in [2.24, 2.45) is 0 Å². The lowest BCUT2D eigenvalue weighted by Gasteiger charge is -2.21. The van der Waals surface area contributed by atoms with Crippen molar-refractivity contribution in [2.45, 2.75) is 26.8 Å². The number of anilines is 1. The molecule has 0 atom stereocenters. The number of carbonyl (C=O) groups excluding carboxylic acids is 1. The molecule has 1 saturated heterocycles. The van der Waals surface area contributed by atoms with Gasteiger partial charge >= 0.3 is 0 Å². The monoisotopic (exact) mass is 234 g/mol. The van der Waals surface area contributed by atoms with Crippen LogP contribution >= 0.6 is 0 Å². The van der Waals surface area contributed by atoms with Crippen LogP contribution in [0.4, 0.5) is 5.82 Å². The Morgan fingerprint density at radius 1 is 1.53 bits per heavy atom. The summed E-state index contributed by atoms with van der Waals surface area (Å²) in [5.74, 6) is 0.709. The Balaban J connectivity index is 2.10. The van der Waals surface area contributed by atoms with Gasteiger partial charge in [-0.25, -0.2) is 4.68 Å². The number of rotatable bonds is 3. The molecule has 2 N–H and O–H groups in total. The first-order chi connectivity index (χ1) is 8.09. The zero-order valence-corrected chi connectivity index (χ0v) is 10.4. The van der Waals surface area contributed by atoms with Crippen LogP contribution in [-0.4, -0.2) is 28.8 Å². The minimum absolute atomic E-state index is 0.0381. The van der Waals surface area contributed by atoms with Crippen LogP contribution in [0.3, 0.4) is 0 Å². The summed E-state index contributed by atoms with van der Waals surface area (Å²) < 4.78 is 1.80. The number of carbonyl (C=O) groups is 1. The number of amides is 1. The van der Waals surface area contributed by atoms with E-state index in [-0.39, 0.29) is 11.9 Å². The van der Waals surface area contributed by atoms with Crippen molar-refractivity contribution >= 4 is 11.7 Å². The van der Waals surface area contributed by atoms with Gasteiger partial charge in [-0.15, -0.1) is 0 Å². The first-order valence-corrected chi connectivity index (χ1v) is 5.84. The molecule has 2 heterocycles. The Labute approximate surface area is 101 Å². The molecule has 0 saturated carbocycles. The maximum atomic E-state index is 12.0. The number of aromatic nitrogens is 2. The van der Waals surface area contributed by atoms with Crippen LogP contribution in [0.1, 0.15) is 26.8 Å². The molecule has 5 nitrogen and oxygen atoms in total. The van der Waals surface area contributed by atoms with Crippen LogP contribution in [0.5, 0.6) is 0 Å². The van der Waals surface area contributed by atoms with E-state index >= 15 is 0 Å². The second-order valence-electron chi connectivity index (χ2n) is 4.54. The third-order valence-electron chi connectivity index (χ3n) is 2.95. The normalized spacial score (nSPS) is 14.7. The van der Waals surface area contributed by atoms with Gasteiger partial charge in [0.25, 0.3) is 5.91 Å². The molecule has 1 aromatic rings. The van der Waals surface area contributed by atoms with E-state index < -0.39 is 0 Å². The highest BCUT2D eigenvalue weighted by molar-refractivity contribution is 6.03. The number of nitrogens with one attached hydrogen (secondary N) is 2. The molecule has 2 rings (SSSR count). The van der Waals surface area contributed by atoms with Gasteiger partial charge in [-0.05, 0) is 26.3 Å². The van der Waals surface area contributed by atoms with Gasteiger partial charge in [-0.2, -0.15) is 5.10 Å². The van der Waals surface area contributed by atoms with Crippen LogP contribution < -0.4 is 10.6 Å². The summed E-state index contributed by atoms with van der Waals surface area (Å²) in [5.41, 5.74) is 1.98. The molecule has 1 aliphatic heterocycles. The smallest absolute Gasteiger partial charge is 0.252 e. The summed E-state index contributed by atoms with van der Waals surface area (Å²) in [4.78, 5) is 12.0. The van der Waals surface area contributed by atoms with Crippen molar-refractivity contribution in [3.8, 4) is 0 Å². The van der Waals surface area contributed by atoms with Gasteiger partial charge in [0.05, 0.1) is 6.20 Å². The third-order valence-corrected chi connectivity index (χ3v) is 2.95. The Bertz CT molecular complexity index is 453. The molecule has 0 bridgehead atoms. The second-order valence-corrected chi connectivity index (χ2v) is 4.54. The van der Waals surface area contributed by atoms with Crippen molar-refractivity contribution in [3.05, 3.63) is 23.4 Å². The number of hydrogen-bond donors (Lipinski definition) is 2. The second kappa shape index (κ2) is 4.71. The fraction of sp³-hybridized carbons (Fsp3) is 0.500. The molecule has 92 valence electrons. The van der Waals surface area contributed by atoms with E-state index in [1.54, 1.807) is 10.9 Å². The van der Waals surface area contributed by atoms with Crippen LogP contribution in [0.2, 0.25) is 0 Å². The Morgan fingerprint density at radius 3 is 2.76 bits per heavy atom.